The average molecular weight is 352 g/mol. The fraction of sp³-hybridized carbons (Fsp3) is 0.353. The molecule has 9 nitrogen and oxygen atoms in total. The summed E-state index contributed by atoms with van der Waals surface area (Å²) in [6, 6.07) is 6.84. The molecule has 0 radical (unpaired) electrons. The number of nitrogens with one attached hydrogen (secondary N) is 2. The summed E-state index contributed by atoms with van der Waals surface area (Å²) >= 11 is 0. The highest BCUT2D eigenvalue weighted by molar-refractivity contribution is 5.96. The lowest BCUT2D eigenvalue weighted by Crippen LogP contribution is -2.43. The maximum Gasteiger partial charge on any atom is 0.273 e. The van der Waals surface area contributed by atoms with Crippen LogP contribution in [0.4, 0.5) is 23.1 Å². The van der Waals surface area contributed by atoms with Crippen LogP contribution in [-0.2, 0) is 0 Å². The Kier molecular flexibility index (Phi) is 5.24. The fourth-order valence-electron chi connectivity index (χ4n) is 2.90. The lowest BCUT2D eigenvalue weighted by Gasteiger charge is -2.29. The molecule has 9 heteroatoms. The fourth-order valence-corrected chi connectivity index (χ4v) is 2.90. The van der Waals surface area contributed by atoms with Gasteiger partial charge in [0.2, 0.25) is 5.95 Å². The summed E-state index contributed by atoms with van der Waals surface area (Å²) in [5, 5.41) is 14.1. The number of anilines is 3. The molecule has 1 aliphatic carbocycles. The highest BCUT2D eigenvalue weighted by atomic mass is 16.1. The maximum absolute atomic E-state index is 11.6. The molecule has 26 heavy (non-hydrogen) atoms. The van der Waals surface area contributed by atoms with Crippen molar-refractivity contribution in [1.29, 1.82) is 0 Å². The molecule has 134 valence electrons. The SMILES string of the molecule is [C-]#[N+]c1ccc(Nc2nc(N[C@@H]3CCCC[C@@H]3N)nnc2C(N)=O)cc1. The van der Waals surface area contributed by atoms with Gasteiger partial charge in [-0.3, -0.25) is 4.79 Å². The van der Waals surface area contributed by atoms with Gasteiger partial charge in [0.1, 0.15) is 0 Å². The van der Waals surface area contributed by atoms with Gasteiger partial charge in [-0.1, -0.05) is 25.0 Å². The lowest BCUT2D eigenvalue weighted by molar-refractivity contribution is 0.0995. The normalized spacial score (nSPS) is 19.4. The molecule has 1 amide bonds. The van der Waals surface area contributed by atoms with E-state index < -0.39 is 5.91 Å². The van der Waals surface area contributed by atoms with Crippen molar-refractivity contribution in [2.24, 2.45) is 11.5 Å². The minimum Gasteiger partial charge on any atom is -0.364 e. The van der Waals surface area contributed by atoms with Gasteiger partial charge in [-0.25, -0.2) is 4.85 Å². The molecule has 1 fully saturated rings. The second-order valence-electron chi connectivity index (χ2n) is 6.18. The van der Waals surface area contributed by atoms with Crippen LogP contribution in [-0.4, -0.2) is 33.2 Å². The maximum atomic E-state index is 11.6. The van der Waals surface area contributed by atoms with E-state index in [0.29, 0.717) is 11.4 Å². The predicted octanol–water partition coefficient (Wildman–Crippen LogP) is 1.95. The molecule has 0 spiro atoms. The lowest BCUT2D eigenvalue weighted by atomic mass is 9.91. The van der Waals surface area contributed by atoms with E-state index in [4.69, 9.17) is 18.0 Å². The zero-order chi connectivity index (χ0) is 18.5. The van der Waals surface area contributed by atoms with Crippen molar-refractivity contribution in [2.45, 2.75) is 37.8 Å². The van der Waals surface area contributed by atoms with Gasteiger partial charge in [-0.2, -0.15) is 4.98 Å². The van der Waals surface area contributed by atoms with Crippen LogP contribution in [0.2, 0.25) is 0 Å². The Morgan fingerprint density at radius 1 is 1.19 bits per heavy atom. The van der Waals surface area contributed by atoms with E-state index in [0.717, 1.165) is 25.7 Å². The number of primary amides is 1. The molecule has 3 rings (SSSR count). The number of rotatable bonds is 5. The minimum atomic E-state index is -0.730. The third kappa shape index (κ3) is 4.04. The third-order valence-electron chi connectivity index (χ3n) is 4.31. The molecule has 0 bridgehead atoms. The van der Waals surface area contributed by atoms with Crippen LogP contribution in [0.15, 0.2) is 24.3 Å². The van der Waals surface area contributed by atoms with Gasteiger partial charge in [0.05, 0.1) is 6.57 Å². The number of aromatic nitrogens is 3. The first-order chi connectivity index (χ1) is 12.6. The quantitative estimate of drug-likeness (QED) is 0.604. The molecule has 1 heterocycles. The summed E-state index contributed by atoms with van der Waals surface area (Å²) in [7, 11) is 0. The van der Waals surface area contributed by atoms with E-state index in [1.807, 2.05) is 0 Å². The van der Waals surface area contributed by atoms with Crippen LogP contribution in [0.3, 0.4) is 0 Å². The zero-order valence-corrected chi connectivity index (χ0v) is 14.1. The summed E-state index contributed by atoms with van der Waals surface area (Å²) in [6.07, 6.45) is 4.09. The van der Waals surface area contributed by atoms with Gasteiger partial charge in [0, 0.05) is 17.8 Å². The number of hydrogen-bond donors (Lipinski definition) is 4. The number of nitrogens with zero attached hydrogens (tertiary/aromatic N) is 4. The van der Waals surface area contributed by atoms with Crippen LogP contribution in [0, 0.1) is 6.57 Å². The van der Waals surface area contributed by atoms with E-state index in [1.165, 1.54) is 0 Å². The standard InChI is InChI=1S/C17H20N8O/c1-20-10-6-8-11(9-7-10)21-16-14(15(19)26)24-25-17(23-16)22-13-5-3-2-4-12(13)18/h6-9,12-13H,2-5,18H2,(H2,19,26)(H2,21,22,23,25)/t12-,13+/m0/s1. The van der Waals surface area contributed by atoms with E-state index in [9.17, 15) is 4.79 Å². The largest absolute Gasteiger partial charge is 0.364 e. The monoisotopic (exact) mass is 352 g/mol. The second kappa shape index (κ2) is 7.76. The van der Waals surface area contributed by atoms with Crippen LogP contribution in [0.1, 0.15) is 36.2 Å². The van der Waals surface area contributed by atoms with Gasteiger partial charge in [0.25, 0.3) is 5.91 Å². The Morgan fingerprint density at radius 2 is 1.92 bits per heavy atom. The van der Waals surface area contributed by atoms with Crippen LogP contribution in [0.5, 0.6) is 0 Å². The Labute approximate surface area is 151 Å². The van der Waals surface area contributed by atoms with E-state index in [-0.39, 0.29) is 29.5 Å². The summed E-state index contributed by atoms with van der Waals surface area (Å²) in [5.74, 6) is -0.237. The van der Waals surface area contributed by atoms with Gasteiger partial charge in [-0.15, -0.1) is 10.2 Å². The third-order valence-corrected chi connectivity index (χ3v) is 4.31. The number of carbonyl (C=O) groups excluding carboxylic acids is 1. The van der Waals surface area contributed by atoms with Crippen molar-refractivity contribution in [3.8, 4) is 0 Å². The molecular weight excluding hydrogens is 332 g/mol. The molecule has 6 N–H and O–H groups in total. The first kappa shape index (κ1) is 17.6. The first-order valence-corrected chi connectivity index (χ1v) is 8.38. The van der Waals surface area contributed by atoms with Gasteiger partial charge >= 0.3 is 0 Å². The minimum absolute atomic E-state index is 0.0285. The Hall–Kier alpha value is -3.25. The molecular formula is C17H20N8O. The van der Waals surface area contributed by atoms with E-state index in [1.54, 1.807) is 24.3 Å². The zero-order valence-electron chi connectivity index (χ0n) is 14.1. The number of nitrogens with two attached hydrogens (primary N) is 2. The molecule has 1 saturated carbocycles. The summed E-state index contributed by atoms with van der Waals surface area (Å²) in [6.45, 7) is 6.99. The highest BCUT2D eigenvalue weighted by Gasteiger charge is 2.23. The number of benzene rings is 1. The van der Waals surface area contributed by atoms with Crippen molar-refractivity contribution in [3.05, 3.63) is 41.4 Å². The Bertz CT molecular complexity index is 830. The first-order valence-electron chi connectivity index (χ1n) is 8.38. The molecule has 0 aliphatic heterocycles. The van der Waals surface area contributed by atoms with Gasteiger partial charge in [-0.05, 0) is 25.0 Å². The molecule has 0 unspecified atom stereocenters. The van der Waals surface area contributed by atoms with Gasteiger partial charge in [0.15, 0.2) is 17.2 Å². The van der Waals surface area contributed by atoms with E-state index >= 15 is 0 Å². The van der Waals surface area contributed by atoms with Crippen molar-refractivity contribution in [2.75, 3.05) is 10.6 Å². The number of hydrogen-bond acceptors (Lipinski definition) is 7. The molecule has 2 atom stereocenters. The Balaban J connectivity index is 1.83. The number of carbonyl (C=O) groups is 1. The summed E-state index contributed by atoms with van der Waals surface area (Å²) in [4.78, 5) is 19.3. The highest BCUT2D eigenvalue weighted by Crippen LogP contribution is 2.23. The van der Waals surface area contributed by atoms with Crippen molar-refractivity contribution in [1.82, 2.24) is 15.2 Å². The molecule has 1 aliphatic rings. The van der Waals surface area contributed by atoms with Crippen molar-refractivity contribution >= 4 is 29.0 Å². The van der Waals surface area contributed by atoms with Crippen LogP contribution >= 0.6 is 0 Å². The van der Waals surface area contributed by atoms with Crippen LogP contribution in [0.25, 0.3) is 4.85 Å². The number of amides is 1. The second-order valence-corrected chi connectivity index (χ2v) is 6.18. The summed E-state index contributed by atoms with van der Waals surface area (Å²) < 4.78 is 0. The molecule has 1 aromatic carbocycles. The smallest absolute Gasteiger partial charge is 0.273 e. The predicted molar refractivity (Wildman–Crippen MR) is 98.2 cm³/mol. The van der Waals surface area contributed by atoms with Gasteiger partial charge < -0.3 is 22.1 Å². The van der Waals surface area contributed by atoms with Crippen molar-refractivity contribution in [3.63, 3.8) is 0 Å². The molecule has 1 aromatic heterocycles. The molecule has 0 saturated heterocycles. The topological polar surface area (TPSA) is 136 Å². The molecule has 2 aromatic rings. The average Bonchev–Trinajstić information content (AvgIpc) is 2.64. The van der Waals surface area contributed by atoms with Crippen LogP contribution < -0.4 is 22.1 Å². The Morgan fingerprint density at radius 3 is 2.58 bits per heavy atom. The van der Waals surface area contributed by atoms with Crippen molar-refractivity contribution < 1.29 is 4.79 Å². The summed E-state index contributed by atoms with van der Waals surface area (Å²) in [5.41, 5.74) is 12.6. The van der Waals surface area contributed by atoms with E-state index in [2.05, 4.69) is 30.7 Å².